The van der Waals surface area contributed by atoms with Crippen molar-refractivity contribution in [2.45, 2.75) is 232 Å². The number of rotatable bonds is 41. The van der Waals surface area contributed by atoms with Crippen LogP contribution in [0.2, 0.25) is 0 Å². The van der Waals surface area contributed by atoms with Gasteiger partial charge in [0.05, 0.1) is 0 Å². The minimum Gasteiger partial charge on any atom is -0.462 e. The summed E-state index contributed by atoms with van der Waals surface area (Å²) in [6, 6.07) is 0. The molecule has 0 N–H and O–H groups in total. The second-order valence-electron chi connectivity index (χ2n) is 15.3. The van der Waals surface area contributed by atoms with E-state index in [2.05, 4.69) is 69.4 Å². The molecule has 0 rings (SSSR count). The molecule has 1 atom stereocenters. The molecule has 0 spiro atoms. The van der Waals surface area contributed by atoms with Crippen molar-refractivity contribution in [3.8, 4) is 0 Å². The van der Waals surface area contributed by atoms with Crippen molar-refractivity contribution in [1.82, 2.24) is 0 Å². The molecule has 0 radical (unpaired) electrons. The molecule has 55 heavy (non-hydrogen) atoms. The highest BCUT2D eigenvalue weighted by atomic mass is 16.6. The Morgan fingerprint density at radius 1 is 0.364 bits per heavy atom. The number of carbonyl (C=O) groups excluding carboxylic acids is 3. The van der Waals surface area contributed by atoms with Crippen molar-refractivity contribution < 1.29 is 28.6 Å². The molecule has 1 unspecified atom stereocenters. The van der Waals surface area contributed by atoms with Gasteiger partial charge in [-0.25, -0.2) is 0 Å². The lowest BCUT2D eigenvalue weighted by Gasteiger charge is -2.18. The third-order valence-electron chi connectivity index (χ3n) is 9.79. The maximum atomic E-state index is 12.7. The molecular weight excluding hydrogens is 685 g/mol. The Labute approximate surface area is 339 Å². The molecule has 6 nitrogen and oxygen atoms in total. The van der Waals surface area contributed by atoms with E-state index >= 15 is 0 Å². The molecule has 0 aromatic rings. The third kappa shape index (κ3) is 42.4. The van der Waals surface area contributed by atoms with Gasteiger partial charge in [-0.15, -0.1) is 0 Å². The minimum atomic E-state index is -0.777. The summed E-state index contributed by atoms with van der Waals surface area (Å²) in [6.45, 7) is 6.49. The van der Waals surface area contributed by atoms with E-state index in [1.165, 1.54) is 89.9 Å². The van der Waals surface area contributed by atoms with Crippen LogP contribution >= 0.6 is 0 Å². The number of hydrogen-bond donors (Lipinski definition) is 0. The van der Waals surface area contributed by atoms with Gasteiger partial charge in [0.15, 0.2) is 6.10 Å². The SMILES string of the molecule is CCC/C=C\CCCCCCCC(=O)OC(COC(=O)CCCCCCCC/C=C\C/C=C\C/C=C\CCCCC)COC(=O)CCCCCCCCCC. The first-order chi connectivity index (χ1) is 27.0. The Hall–Kier alpha value is -2.63. The van der Waals surface area contributed by atoms with E-state index in [1.54, 1.807) is 0 Å². The second-order valence-corrected chi connectivity index (χ2v) is 15.3. The summed E-state index contributed by atoms with van der Waals surface area (Å²) < 4.78 is 16.6. The largest absolute Gasteiger partial charge is 0.462 e. The molecule has 0 saturated heterocycles. The smallest absolute Gasteiger partial charge is 0.306 e. The topological polar surface area (TPSA) is 78.9 Å². The number of hydrogen-bond acceptors (Lipinski definition) is 6. The van der Waals surface area contributed by atoms with Crippen molar-refractivity contribution in [2.24, 2.45) is 0 Å². The number of carbonyl (C=O) groups is 3. The molecular formula is C49H86O6. The first-order valence-corrected chi connectivity index (χ1v) is 23.1. The standard InChI is InChI=1S/C49H86O6/c1-4-7-10-13-16-19-21-22-23-24-25-26-27-28-29-31-33-36-39-42-48(51)54-45-46(44-53-47(50)41-38-35-32-18-15-12-9-6-3)55-49(52)43-40-37-34-30-20-17-14-11-8-5-2/h11,14,16,19,22-23,25-26,46H,4-10,12-13,15,17-18,20-21,24,27-45H2,1-3H3/b14-11-,19-16-,23-22-,26-25-. The van der Waals surface area contributed by atoms with E-state index in [4.69, 9.17) is 14.2 Å². The Kier molecular flexibility index (Phi) is 42.0. The fourth-order valence-corrected chi connectivity index (χ4v) is 6.27. The first kappa shape index (κ1) is 52.4. The van der Waals surface area contributed by atoms with Gasteiger partial charge in [-0.05, 0) is 77.0 Å². The molecule has 318 valence electrons. The van der Waals surface area contributed by atoms with Gasteiger partial charge < -0.3 is 14.2 Å². The van der Waals surface area contributed by atoms with Crippen molar-refractivity contribution >= 4 is 17.9 Å². The quantitative estimate of drug-likeness (QED) is 0.0267. The van der Waals surface area contributed by atoms with E-state index in [9.17, 15) is 14.4 Å². The van der Waals surface area contributed by atoms with Crippen molar-refractivity contribution in [1.29, 1.82) is 0 Å². The summed E-state index contributed by atoms with van der Waals surface area (Å²) in [6.07, 6.45) is 51.0. The van der Waals surface area contributed by atoms with Crippen molar-refractivity contribution in [2.75, 3.05) is 13.2 Å². The summed E-state index contributed by atoms with van der Waals surface area (Å²) in [4.78, 5) is 37.6. The van der Waals surface area contributed by atoms with Crippen LogP contribution in [0.25, 0.3) is 0 Å². The monoisotopic (exact) mass is 771 g/mol. The highest BCUT2D eigenvalue weighted by Crippen LogP contribution is 2.13. The van der Waals surface area contributed by atoms with Gasteiger partial charge in [-0.3, -0.25) is 14.4 Å². The Balaban J connectivity index is 4.29. The molecule has 6 heteroatoms. The normalized spacial score (nSPS) is 12.4. The minimum absolute atomic E-state index is 0.0802. The van der Waals surface area contributed by atoms with Gasteiger partial charge >= 0.3 is 17.9 Å². The Morgan fingerprint density at radius 2 is 0.691 bits per heavy atom. The summed E-state index contributed by atoms with van der Waals surface area (Å²) in [7, 11) is 0. The van der Waals surface area contributed by atoms with Crippen LogP contribution in [0.5, 0.6) is 0 Å². The lowest BCUT2D eigenvalue weighted by atomic mass is 10.1. The van der Waals surface area contributed by atoms with E-state index in [-0.39, 0.29) is 31.1 Å². The maximum Gasteiger partial charge on any atom is 0.306 e. The van der Waals surface area contributed by atoms with E-state index in [0.29, 0.717) is 19.3 Å². The van der Waals surface area contributed by atoms with Crippen LogP contribution in [0.15, 0.2) is 48.6 Å². The molecule has 0 aromatic carbocycles. The summed E-state index contributed by atoms with van der Waals surface area (Å²) in [5, 5.41) is 0. The van der Waals surface area contributed by atoms with Gasteiger partial charge in [0.2, 0.25) is 0 Å². The van der Waals surface area contributed by atoms with Gasteiger partial charge in [0.25, 0.3) is 0 Å². The molecule has 0 fully saturated rings. The van der Waals surface area contributed by atoms with E-state index in [0.717, 1.165) is 96.3 Å². The number of ether oxygens (including phenoxy) is 3. The Bertz CT molecular complexity index is 980. The first-order valence-electron chi connectivity index (χ1n) is 23.1. The Morgan fingerprint density at radius 3 is 1.15 bits per heavy atom. The number of esters is 3. The molecule has 0 amide bonds. The van der Waals surface area contributed by atoms with Crippen LogP contribution in [-0.2, 0) is 28.6 Å². The predicted molar refractivity (Wildman–Crippen MR) is 233 cm³/mol. The average Bonchev–Trinajstić information content (AvgIpc) is 3.18. The summed E-state index contributed by atoms with van der Waals surface area (Å²) in [5.74, 6) is -0.910. The summed E-state index contributed by atoms with van der Waals surface area (Å²) in [5.41, 5.74) is 0. The van der Waals surface area contributed by atoms with Gasteiger partial charge in [0.1, 0.15) is 13.2 Å². The zero-order chi connectivity index (χ0) is 40.1. The van der Waals surface area contributed by atoms with Gasteiger partial charge in [-0.1, -0.05) is 179 Å². The van der Waals surface area contributed by atoms with E-state index < -0.39 is 6.10 Å². The molecule has 0 saturated carbocycles. The van der Waals surface area contributed by atoms with Crippen LogP contribution in [-0.4, -0.2) is 37.2 Å². The lowest BCUT2D eigenvalue weighted by Crippen LogP contribution is -2.30. The fourth-order valence-electron chi connectivity index (χ4n) is 6.27. The fraction of sp³-hybridized carbons (Fsp3) is 0.776. The maximum absolute atomic E-state index is 12.7. The number of allylic oxidation sites excluding steroid dienone is 8. The van der Waals surface area contributed by atoms with Gasteiger partial charge in [0, 0.05) is 19.3 Å². The molecule has 0 aliphatic rings. The summed E-state index contributed by atoms with van der Waals surface area (Å²) >= 11 is 0. The number of unbranched alkanes of at least 4 members (excludes halogenated alkanes) is 22. The zero-order valence-corrected chi connectivity index (χ0v) is 36.2. The molecule has 0 heterocycles. The molecule has 0 aliphatic heterocycles. The van der Waals surface area contributed by atoms with Crippen molar-refractivity contribution in [3.05, 3.63) is 48.6 Å². The molecule has 0 aromatic heterocycles. The van der Waals surface area contributed by atoms with Gasteiger partial charge in [-0.2, -0.15) is 0 Å². The predicted octanol–water partition coefficient (Wildman–Crippen LogP) is 14.8. The second kappa shape index (κ2) is 44.1. The highest BCUT2D eigenvalue weighted by Gasteiger charge is 2.19. The van der Waals surface area contributed by atoms with E-state index in [1.807, 2.05) is 0 Å². The third-order valence-corrected chi connectivity index (χ3v) is 9.79. The van der Waals surface area contributed by atoms with Crippen LogP contribution in [0.1, 0.15) is 226 Å². The van der Waals surface area contributed by atoms with Crippen LogP contribution in [0, 0.1) is 0 Å². The van der Waals surface area contributed by atoms with Crippen LogP contribution < -0.4 is 0 Å². The zero-order valence-electron chi connectivity index (χ0n) is 36.2. The lowest BCUT2D eigenvalue weighted by molar-refractivity contribution is -0.167. The molecule has 0 aliphatic carbocycles. The highest BCUT2D eigenvalue weighted by molar-refractivity contribution is 5.71. The van der Waals surface area contributed by atoms with Crippen LogP contribution in [0.3, 0.4) is 0 Å². The van der Waals surface area contributed by atoms with Crippen molar-refractivity contribution in [3.63, 3.8) is 0 Å². The average molecular weight is 771 g/mol. The van der Waals surface area contributed by atoms with Crippen LogP contribution in [0.4, 0.5) is 0 Å². The molecule has 0 bridgehead atoms.